The van der Waals surface area contributed by atoms with Gasteiger partial charge in [0.2, 0.25) is 5.91 Å². The van der Waals surface area contributed by atoms with Gasteiger partial charge in [0.1, 0.15) is 11.2 Å². The second-order valence-corrected chi connectivity index (χ2v) is 8.53. The van der Waals surface area contributed by atoms with E-state index in [9.17, 15) is 19.1 Å². The molecular formula is C24H21FN2O3S. The van der Waals surface area contributed by atoms with E-state index in [1.54, 1.807) is 41.6 Å². The minimum Gasteiger partial charge on any atom is -0.478 e. The zero-order valence-electron chi connectivity index (χ0n) is 17.1. The van der Waals surface area contributed by atoms with Crippen LogP contribution in [0.25, 0.3) is 0 Å². The molecule has 1 N–H and O–H groups in total. The molecular weight excluding hydrogens is 415 g/mol. The van der Waals surface area contributed by atoms with Gasteiger partial charge in [0.05, 0.1) is 11.3 Å². The minimum atomic E-state index is -1.02. The first kappa shape index (κ1) is 21.1. The second-order valence-electron chi connectivity index (χ2n) is 7.46. The van der Waals surface area contributed by atoms with E-state index in [4.69, 9.17) is 0 Å². The SMILES string of the molecule is Cc1c(N2C(=O)CSC2c2ccc(F)cc2)ccc(C(=O)O)c1C(C)c1cccnc1. The van der Waals surface area contributed by atoms with Crippen LogP contribution in [0, 0.1) is 12.7 Å². The third-order valence-electron chi connectivity index (χ3n) is 5.62. The Morgan fingerprint density at radius 2 is 1.97 bits per heavy atom. The van der Waals surface area contributed by atoms with E-state index in [0.29, 0.717) is 17.0 Å². The Balaban J connectivity index is 1.84. The van der Waals surface area contributed by atoms with E-state index in [0.717, 1.165) is 16.7 Å². The summed E-state index contributed by atoms with van der Waals surface area (Å²) in [6, 6.07) is 13.1. The molecule has 0 spiro atoms. The van der Waals surface area contributed by atoms with Gasteiger partial charge in [0, 0.05) is 24.0 Å². The number of rotatable bonds is 5. The number of anilines is 1. The number of pyridine rings is 1. The van der Waals surface area contributed by atoms with Crippen molar-refractivity contribution in [1.82, 2.24) is 4.98 Å². The summed E-state index contributed by atoms with van der Waals surface area (Å²) in [4.78, 5) is 30.7. The van der Waals surface area contributed by atoms with Crippen LogP contribution in [-0.4, -0.2) is 27.7 Å². The Labute approximate surface area is 183 Å². The van der Waals surface area contributed by atoms with Crippen molar-refractivity contribution in [2.75, 3.05) is 10.7 Å². The van der Waals surface area contributed by atoms with Gasteiger partial charge < -0.3 is 5.11 Å². The van der Waals surface area contributed by atoms with Gasteiger partial charge in [-0.3, -0.25) is 14.7 Å². The first-order valence-electron chi connectivity index (χ1n) is 9.84. The van der Waals surface area contributed by atoms with Crippen LogP contribution < -0.4 is 4.90 Å². The van der Waals surface area contributed by atoms with Crippen LogP contribution in [0.15, 0.2) is 60.9 Å². The number of hydrogen-bond acceptors (Lipinski definition) is 4. The third-order valence-corrected chi connectivity index (χ3v) is 6.83. The van der Waals surface area contributed by atoms with Crippen molar-refractivity contribution in [2.24, 2.45) is 0 Å². The van der Waals surface area contributed by atoms with E-state index < -0.39 is 5.97 Å². The average Bonchev–Trinajstić information content (AvgIpc) is 3.15. The molecule has 31 heavy (non-hydrogen) atoms. The average molecular weight is 437 g/mol. The van der Waals surface area contributed by atoms with E-state index >= 15 is 0 Å². The maximum atomic E-state index is 13.4. The molecule has 2 aromatic carbocycles. The molecule has 2 atom stereocenters. The molecule has 1 aliphatic rings. The number of nitrogens with zero attached hydrogens (tertiary/aromatic N) is 2. The minimum absolute atomic E-state index is 0.0644. The Bertz CT molecular complexity index is 1140. The van der Waals surface area contributed by atoms with Gasteiger partial charge in [-0.2, -0.15) is 0 Å². The largest absolute Gasteiger partial charge is 0.478 e. The van der Waals surface area contributed by atoms with Gasteiger partial charge in [0.15, 0.2) is 0 Å². The first-order chi connectivity index (χ1) is 14.9. The lowest BCUT2D eigenvalue weighted by molar-refractivity contribution is -0.115. The number of carbonyl (C=O) groups excluding carboxylic acids is 1. The van der Waals surface area contributed by atoms with Crippen molar-refractivity contribution in [2.45, 2.75) is 25.1 Å². The molecule has 0 bridgehead atoms. The van der Waals surface area contributed by atoms with Crippen LogP contribution in [0.4, 0.5) is 10.1 Å². The summed E-state index contributed by atoms with van der Waals surface area (Å²) in [5.74, 6) is -1.34. The fourth-order valence-corrected chi connectivity index (χ4v) is 5.25. The molecule has 2 heterocycles. The number of aromatic nitrogens is 1. The van der Waals surface area contributed by atoms with E-state index in [-0.39, 0.29) is 28.6 Å². The highest BCUT2D eigenvalue weighted by molar-refractivity contribution is 8.00. The molecule has 158 valence electrons. The first-order valence-corrected chi connectivity index (χ1v) is 10.9. The van der Waals surface area contributed by atoms with Crippen LogP contribution in [-0.2, 0) is 4.79 Å². The van der Waals surface area contributed by atoms with Crippen LogP contribution >= 0.6 is 11.8 Å². The van der Waals surface area contributed by atoms with Gasteiger partial charge >= 0.3 is 5.97 Å². The highest BCUT2D eigenvalue weighted by Gasteiger charge is 2.36. The molecule has 0 saturated carbocycles. The quantitative estimate of drug-likeness (QED) is 0.598. The molecule has 1 fully saturated rings. The molecule has 1 saturated heterocycles. The number of hydrogen-bond donors (Lipinski definition) is 1. The lowest BCUT2D eigenvalue weighted by atomic mass is 9.86. The highest BCUT2D eigenvalue weighted by Crippen LogP contribution is 2.45. The molecule has 1 amide bonds. The smallest absolute Gasteiger partial charge is 0.335 e. The zero-order valence-corrected chi connectivity index (χ0v) is 17.9. The summed E-state index contributed by atoms with van der Waals surface area (Å²) < 4.78 is 13.4. The predicted molar refractivity (Wildman–Crippen MR) is 119 cm³/mol. The van der Waals surface area contributed by atoms with E-state index in [1.165, 1.54) is 23.9 Å². The van der Waals surface area contributed by atoms with E-state index in [1.807, 2.05) is 26.0 Å². The summed E-state index contributed by atoms with van der Waals surface area (Å²) in [5, 5.41) is 9.51. The van der Waals surface area contributed by atoms with Crippen molar-refractivity contribution in [3.63, 3.8) is 0 Å². The van der Waals surface area contributed by atoms with Gasteiger partial charge in [-0.1, -0.05) is 25.1 Å². The van der Waals surface area contributed by atoms with Crippen molar-refractivity contribution < 1.29 is 19.1 Å². The maximum Gasteiger partial charge on any atom is 0.335 e. The standard InChI is InChI=1S/C24H21FN2O3S/c1-14(17-4-3-11-26-12-17)22-15(2)20(10-9-19(22)24(29)30)27-21(28)13-31-23(27)16-5-7-18(25)8-6-16/h3-12,14,23H,13H2,1-2H3,(H,29,30). The Morgan fingerprint density at radius 1 is 1.23 bits per heavy atom. The van der Waals surface area contributed by atoms with Gasteiger partial charge in [-0.25, -0.2) is 9.18 Å². The summed E-state index contributed by atoms with van der Waals surface area (Å²) >= 11 is 1.47. The van der Waals surface area contributed by atoms with Crippen molar-refractivity contribution in [3.8, 4) is 0 Å². The Morgan fingerprint density at radius 3 is 2.61 bits per heavy atom. The van der Waals surface area contributed by atoms with Crippen LogP contribution in [0.5, 0.6) is 0 Å². The highest BCUT2D eigenvalue weighted by atomic mass is 32.2. The molecule has 4 rings (SSSR count). The summed E-state index contributed by atoms with van der Waals surface area (Å²) in [5.41, 5.74) is 3.97. The zero-order chi connectivity index (χ0) is 22.1. The normalized spacial score (nSPS) is 17.1. The number of aromatic carboxylic acids is 1. The van der Waals surface area contributed by atoms with Gasteiger partial charge in [-0.15, -0.1) is 11.8 Å². The molecule has 0 aliphatic carbocycles. The molecule has 7 heteroatoms. The number of carboxylic acid groups (broad SMARTS) is 1. The molecule has 3 aromatic rings. The summed E-state index contributed by atoms with van der Waals surface area (Å²) in [6.45, 7) is 3.79. The number of halogens is 1. The summed E-state index contributed by atoms with van der Waals surface area (Å²) in [6.07, 6.45) is 3.39. The molecule has 5 nitrogen and oxygen atoms in total. The van der Waals surface area contributed by atoms with Crippen LogP contribution in [0.2, 0.25) is 0 Å². The Hall–Kier alpha value is -3.19. The number of carboxylic acids is 1. The number of carbonyl (C=O) groups is 2. The topological polar surface area (TPSA) is 70.5 Å². The van der Waals surface area contributed by atoms with Crippen molar-refractivity contribution >= 4 is 29.3 Å². The van der Waals surface area contributed by atoms with E-state index in [2.05, 4.69) is 4.98 Å². The molecule has 1 aromatic heterocycles. The lowest BCUT2D eigenvalue weighted by Gasteiger charge is -2.29. The fraction of sp³-hybridized carbons (Fsp3) is 0.208. The lowest BCUT2D eigenvalue weighted by Crippen LogP contribution is -2.29. The predicted octanol–water partition coefficient (Wildman–Crippen LogP) is 5.16. The Kier molecular flexibility index (Phi) is 5.78. The molecule has 2 unspecified atom stereocenters. The van der Waals surface area contributed by atoms with Gasteiger partial charge in [-0.05, 0) is 59.5 Å². The van der Waals surface area contributed by atoms with Crippen LogP contribution in [0.3, 0.4) is 0 Å². The fourth-order valence-electron chi connectivity index (χ4n) is 4.08. The van der Waals surface area contributed by atoms with Crippen LogP contribution in [0.1, 0.15) is 50.8 Å². The molecule has 0 radical (unpaired) electrons. The maximum absolute atomic E-state index is 13.4. The van der Waals surface area contributed by atoms with Gasteiger partial charge in [0.25, 0.3) is 0 Å². The number of amides is 1. The third kappa shape index (κ3) is 3.93. The van der Waals surface area contributed by atoms with Crippen molar-refractivity contribution in [3.05, 3.63) is 94.6 Å². The second kappa shape index (κ2) is 8.51. The number of thioether (sulfide) groups is 1. The monoisotopic (exact) mass is 436 g/mol. The number of benzene rings is 2. The molecule has 1 aliphatic heterocycles. The van der Waals surface area contributed by atoms with Crippen molar-refractivity contribution in [1.29, 1.82) is 0 Å². The summed E-state index contributed by atoms with van der Waals surface area (Å²) in [7, 11) is 0.